The Hall–Kier alpha value is -3.35. The number of aromatic nitrogens is 4. The van der Waals surface area contributed by atoms with Crippen LogP contribution in [0.15, 0.2) is 6.20 Å². The number of nitrogens with zero attached hydrogens (tertiary/aromatic N) is 6. The molecule has 33 heavy (non-hydrogen) atoms. The molecule has 1 atom stereocenters. The summed E-state index contributed by atoms with van der Waals surface area (Å²) in [7, 11) is 0. The second-order valence-corrected chi connectivity index (χ2v) is 8.91. The van der Waals surface area contributed by atoms with Gasteiger partial charge in [0, 0.05) is 37.7 Å². The highest BCUT2D eigenvalue weighted by Crippen LogP contribution is 2.23. The predicted molar refractivity (Wildman–Crippen MR) is 123 cm³/mol. The fraction of sp³-hybridized carbons (Fsp3) is 0.609. The number of carbonyl (C=O) groups is 2. The van der Waals surface area contributed by atoms with E-state index in [0.29, 0.717) is 50.3 Å². The van der Waals surface area contributed by atoms with Crippen LogP contribution in [0.1, 0.15) is 57.3 Å². The van der Waals surface area contributed by atoms with Gasteiger partial charge in [-0.1, -0.05) is 19.8 Å². The summed E-state index contributed by atoms with van der Waals surface area (Å²) in [5.41, 5.74) is 1.92. The quantitative estimate of drug-likeness (QED) is 0.708. The van der Waals surface area contributed by atoms with Crippen molar-refractivity contribution >= 4 is 23.6 Å². The zero-order valence-electron chi connectivity index (χ0n) is 19.7. The van der Waals surface area contributed by atoms with Crippen LogP contribution in [0, 0.1) is 18.8 Å². The maximum Gasteiger partial charge on any atom is 0.410 e. The Bertz CT molecular complexity index is 1090. The topological polar surface area (TPSA) is 105 Å². The summed E-state index contributed by atoms with van der Waals surface area (Å²) in [6, 6.07) is 0.172. The number of hydrogen-bond donors (Lipinski definition) is 1. The molecule has 2 saturated heterocycles. The monoisotopic (exact) mass is 453 g/mol. The summed E-state index contributed by atoms with van der Waals surface area (Å²) >= 11 is 0. The fourth-order valence-corrected chi connectivity index (χ4v) is 4.30. The first-order chi connectivity index (χ1) is 15.9. The standard InChI is InChI=1S/C23H31N7O3/c1-5-6-20(31)29-12-9-18(14-29)33-23(32)28-10-7-17(8-11-28)27-22-26-16(4)25-21-19(15(2)3)13-24-30(21)22/h13,15,17-18H,7-12,14H2,1-4H3,(H,25,26,27)/t18-/m1/s1. The number of ether oxygens (including phenoxy) is 1. The summed E-state index contributed by atoms with van der Waals surface area (Å²) in [5, 5.41) is 7.98. The first-order valence-electron chi connectivity index (χ1n) is 11.5. The lowest BCUT2D eigenvalue weighted by Crippen LogP contribution is -2.44. The van der Waals surface area contributed by atoms with E-state index in [1.54, 1.807) is 21.2 Å². The fourth-order valence-electron chi connectivity index (χ4n) is 4.30. The normalized spacial score (nSPS) is 19.0. The lowest BCUT2D eigenvalue weighted by atomic mass is 10.1. The first kappa shape index (κ1) is 22.8. The van der Waals surface area contributed by atoms with Gasteiger partial charge in [-0.05, 0) is 38.5 Å². The molecule has 2 aliphatic rings. The zero-order valence-corrected chi connectivity index (χ0v) is 19.7. The third-order valence-electron chi connectivity index (χ3n) is 6.15. The van der Waals surface area contributed by atoms with Gasteiger partial charge in [0.05, 0.1) is 12.7 Å². The summed E-state index contributed by atoms with van der Waals surface area (Å²) in [6.07, 6.45) is 3.46. The van der Waals surface area contributed by atoms with Crippen LogP contribution >= 0.6 is 0 Å². The van der Waals surface area contributed by atoms with Crippen molar-refractivity contribution in [3.05, 3.63) is 17.6 Å². The number of rotatable bonds is 4. The van der Waals surface area contributed by atoms with Crippen molar-refractivity contribution in [2.45, 2.75) is 65.0 Å². The number of likely N-dealkylation sites (tertiary alicyclic amines) is 2. The van der Waals surface area contributed by atoms with E-state index >= 15 is 0 Å². The molecule has 0 aromatic carbocycles. The molecule has 0 bridgehead atoms. The number of anilines is 1. The number of aryl methyl sites for hydroxylation is 1. The van der Waals surface area contributed by atoms with Crippen LogP contribution in [-0.4, -0.2) is 79.7 Å². The maximum absolute atomic E-state index is 12.6. The molecule has 2 amide bonds. The van der Waals surface area contributed by atoms with Gasteiger partial charge in [-0.3, -0.25) is 4.79 Å². The van der Waals surface area contributed by atoms with Gasteiger partial charge in [0.2, 0.25) is 5.95 Å². The molecule has 2 fully saturated rings. The SMILES string of the molecule is CC#CC(=O)N1CC[C@@H](OC(=O)N2CCC(Nc3nc(C)nc4c(C(C)C)cnn34)CC2)C1. The molecule has 2 aromatic heterocycles. The minimum Gasteiger partial charge on any atom is -0.444 e. The molecular weight excluding hydrogens is 422 g/mol. The molecule has 0 radical (unpaired) electrons. The van der Waals surface area contributed by atoms with Crippen molar-refractivity contribution in [1.29, 1.82) is 0 Å². The number of nitrogens with one attached hydrogen (secondary N) is 1. The highest BCUT2D eigenvalue weighted by molar-refractivity contribution is 5.93. The highest BCUT2D eigenvalue weighted by atomic mass is 16.6. The average molecular weight is 454 g/mol. The van der Waals surface area contributed by atoms with E-state index in [0.717, 1.165) is 24.1 Å². The van der Waals surface area contributed by atoms with Gasteiger partial charge in [-0.2, -0.15) is 14.6 Å². The van der Waals surface area contributed by atoms with Gasteiger partial charge in [0.25, 0.3) is 5.91 Å². The van der Waals surface area contributed by atoms with Crippen LogP contribution in [0.25, 0.3) is 5.65 Å². The lowest BCUT2D eigenvalue weighted by molar-refractivity contribution is -0.124. The van der Waals surface area contributed by atoms with Crippen LogP contribution < -0.4 is 5.32 Å². The predicted octanol–water partition coefficient (Wildman–Crippen LogP) is 2.19. The van der Waals surface area contributed by atoms with E-state index in [-0.39, 0.29) is 24.1 Å². The molecular formula is C23H31N7O3. The van der Waals surface area contributed by atoms with Crippen LogP contribution in [0.2, 0.25) is 0 Å². The summed E-state index contributed by atoms with van der Waals surface area (Å²) in [5.74, 6) is 6.63. The average Bonchev–Trinajstić information content (AvgIpc) is 3.41. The third-order valence-corrected chi connectivity index (χ3v) is 6.15. The molecule has 2 aliphatic heterocycles. The summed E-state index contributed by atoms with van der Waals surface area (Å²) in [6.45, 7) is 9.92. The number of hydrogen-bond acceptors (Lipinski definition) is 7. The highest BCUT2D eigenvalue weighted by Gasteiger charge is 2.31. The smallest absolute Gasteiger partial charge is 0.410 e. The molecule has 0 aliphatic carbocycles. The van der Waals surface area contributed by atoms with Crippen molar-refractivity contribution < 1.29 is 14.3 Å². The second-order valence-electron chi connectivity index (χ2n) is 8.91. The minimum absolute atomic E-state index is 0.172. The molecule has 2 aromatic rings. The summed E-state index contributed by atoms with van der Waals surface area (Å²) < 4.78 is 7.41. The second kappa shape index (κ2) is 9.65. The van der Waals surface area contributed by atoms with Crippen LogP contribution in [0.5, 0.6) is 0 Å². The van der Waals surface area contributed by atoms with Crippen LogP contribution in [-0.2, 0) is 9.53 Å². The Kier molecular flexibility index (Phi) is 6.67. The van der Waals surface area contributed by atoms with E-state index in [1.807, 2.05) is 13.1 Å². The largest absolute Gasteiger partial charge is 0.444 e. The molecule has 0 unspecified atom stereocenters. The van der Waals surface area contributed by atoms with Gasteiger partial charge in [-0.25, -0.2) is 9.78 Å². The van der Waals surface area contributed by atoms with Crippen molar-refractivity contribution in [3.8, 4) is 11.8 Å². The Morgan fingerprint density at radius 1 is 1.15 bits per heavy atom. The number of fused-ring (bicyclic) bond motifs is 1. The van der Waals surface area contributed by atoms with E-state index in [4.69, 9.17) is 4.74 Å². The number of amides is 2. The molecule has 176 valence electrons. The molecule has 10 nitrogen and oxygen atoms in total. The molecule has 0 spiro atoms. The van der Waals surface area contributed by atoms with E-state index in [1.165, 1.54) is 0 Å². The number of piperidine rings is 1. The zero-order chi connectivity index (χ0) is 23.5. The van der Waals surface area contributed by atoms with E-state index in [9.17, 15) is 9.59 Å². The van der Waals surface area contributed by atoms with Crippen LogP contribution in [0.4, 0.5) is 10.7 Å². The molecule has 0 saturated carbocycles. The van der Waals surface area contributed by atoms with Gasteiger partial charge in [0.1, 0.15) is 11.9 Å². The van der Waals surface area contributed by atoms with Crippen molar-refractivity contribution in [2.75, 3.05) is 31.5 Å². The van der Waals surface area contributed by atoms with Gasteiger partial charge >= 0.3 is 6.09 Å². The Labute approximate surface area is 193 Å². The van der Waals surface area contributed by atoms with Gasteiger partial charge in [-0.15, -0.1) is 0 Å². The molecule has 10 heteroatoms. The molecule has 4 heterocycles. The first-order valence-corrected chi connectivity index (χ1v) is 11.5. The Morgan fingerprint density at radius 3 is 2.58 bits per heavy atom. The minimum atomic E-state index is -0.316. The molecule has 4 rings (SSSR count). The number of carbonyl (C=O) groups excluding carboxylic acids is 2. The third kappa shape index (κ3) is 5.02. The summed E-state index contributed by atoms with van der Waals surface area (Å²) in [4.78, 5) is 37.0. The molecule has 1 N–H and O–H groups in total. The lowest BCUT2D eigenvalue weighted by Gasteiger charge is -2.32. The van der Waals surface area contributed by atoms with E-state index in [2.05, 4.69) is 46.1 Å². The van der Waals surface area contributed by atoms with Crippen molar-refractivity contribution in [1.82, 2.24) is 29.4 Å². The van der Waals surface area contributed by atoms with E-state index < -0.39 is 0 Å². The maximum atomic E-state index is 12.6. The van der Waals surface area contributed by atoms with Crippen molar-refractivity contribution in [2.24, 2.45) is 0 Å². The van der Waals surface area contributed by atoms with Crippen molar-refractivity contribution in [3.63, 3.8) is 0 Å². The van der Waals surface area contributed by atoms with Crippen LogP contribution in [0.3, 0.4) is 0 Å². The van der Waals surface area contributed by atoms with Gasteiger partial charge < -0.3 is 19.9 Å². The van der Waals surface area contributed by atoms with Gasteiger partial charge in [0.15, 0.2) is 5.65 Å². The Morgan fingerprint density at radius 2 is 1.88 bits per heavy atom. The Balaban J connectivity index is 1.31.